The SMILES string of the molecule is CN(Cc1cc(Br)cs1)C(=O)C1(CN)CCCC1.Cl. The third-order valence-corrected chi connectivity index (χ3v) is 5.45. The Labute approximate surface area is 133 Å². The molecule has 0 bridgehead atoms. The Kier molecular flexibility index (Phi) is 6.30. The van der Waals surface area contributed by atoms with Crippen LogP contribution in [0.3, 0.4) is 0 Å². The molecule has 0 unspecified atom stereocenters. The molecule has 0 spiro atoms. The molecule has 0 saturated heterocycles. The van der Waals surface area contributed by atoms with Crippen LogP contribution >= 0.6 is 39.7 Å². The highest BCUT2D eigenvalue weighted by Gasteiger charge is 2.41. The summed E-state index contributed by atoms with van der Waals surface area (Å²) < 4.78 is 1.08. The van der Waals surface area contributed by atoms with E-state index in [2.05, 4.69) is 22.0 Å². The van der Waals surface area contributed by atoms with Gasteiger partial charge in [-0.05, 0) is 34.8 Å². The third-order valence-electron chi connectivity index (χ3n) is 3.77. The summed E-state index contributed by atoms with van der Waals surface area (Å²) in [5, 5.41) is 2.04. The number of thiophene rings is 1. The van der Waals surface area contributed by atoms with E-state index >= 15 is 0 Å². The molecule has 1 aromatic rings. The summed E-state index contributed by atoms with van der Waals surface area (Å²) >= 11 is 5.11. The lowest BCUT2D eigenvalue weighted by atomic mass is 9.85. The first-order valence-corrected chi connectivity index (χ1v) is 7.93. The lowest BCUT2D eigenvalue weighted by Gasteiger charge is -2.31. The molecule has 1 amide bonds. The molecule has 1 aliphatic carbocycles. The molecule has 6 heteroatoms. The van der Waals surface area contributed by atoms with Gasteiger partial charge in [-0.25, -0.2) is 0 Å². The van der Waals surface area contributed by atoms with Gasteiger partial charge < -0.3 is 10.6 Å². The fraction of sp³-hybridized carbons (Fsp3) is 0.615. The van der Waals surface area contributed by atoms with Crippen molar-refractivity contribution in [2.45, 2.75) is 32.2 Å². The summed E-state index contributed by atoms with van der Waals surface area (Å²) in [5.74, 6) is 0.215. The van der Waals surface area contributed by atoms with E-state index in [0.29, 0.717) is 13.1 Å². The first-order chi connectivity index (χ1) is 8.57. The molecule has 0 radical (unpaired) electrons. The van der Waals surface area contributed by atoms with Gasteiger partial charge in [0, 0.05) is 28.3 Å². The highest BCUT2D eigenvalue weighted by molar-refractivity contribution is 9.10. The van der Waals surface area contributed by atoms with Gasteiger partial charge >= 0.3 is 0 Å². The molecule has 0 aliphatic heterocycles. The lowest BCUT2D eigenvalue weighted by molar-refractivity contribution is -0.140. The van der Waals surface area contributed by atoms with E-state index in [1.165, 1.54) is 4.88 Å². The summed E-state index contributed by atoms with van der Waals surface area (Å²) in [5.41, 5.74) is 5.56. The molecule has 1 aliphatic rings. The molecule has 1 saturated carbocycles. The molecule has 3 nitrogen and oxygen atoms in total. The molecular formula is C13H20BrClN2OS. The van der Waals surface area contributed by atoms with Gasteiger partial charge in [-0.1, -0.05) is 12.8 Å². The van der Waals surface area contributed by atoms with E-state index < -0.39 is 0 Å². The number of carbonyl (C=O) groups excluding carboxylic acids is 1. The van der Waals surface area contributed by atoms with Crippen LogP contribution in [0.5, 0.6) is 0 Å². The van der Waals surface area contributed by atoms with Gasteiger partial charge in [0.05, 0.1) is 12.0 Å². The van der Waals surface area contributed by atoms with Gasteiger partial charge in [-0.15, -0.1) is 23.7 Å². The van der Waals surface area contributed by atoms with Crippen molar-refractivity contribution in [2.24, 2.45) is 11.1 Å². The number of halogens is 2. The fourth-order valence-electron chi connectivity index (χ4n) is 2.70. The second-order valence-electron chi connectivity index (χ2n) is 5.08. The number of nitrogens with two attached hydrogens (primary N) is 1. The van der Waals surface area contributed by atoms with Crippen molar-refractivity contribution >= 4 is 45.6 Å². The van der Waals surface area contributed by atoms with Crippen molar-refractivity contribution in [3.8, 4) is 0 Å². The van der Waals surface area contributed by atoms with E-state index in [4.69, 9.17) is 5.73 Å². The van der Waals surface area contributed by atoms with Crippen LogP contribution in [0.1, 0.15) is 30.6 Å². The van der Waals surface area contributed by atoms with E-state index in [1.807, 2.05) is 17.3 Å². The standard InChI is InChI=1S/C13H19BrN2OS.ClH/c1-16(7-11-6-10(14)8-18-11)12(17)13(9-15)4-2-3-5-13;/h6,8H,2-5,7,9,15H2,1H3;1H. The average molecular weight is 368 g/mol. The smallest absolute Gasteiger partial charge is 0.230 e. The highest BCUT2D eigenvalue weighted by atomic mass is 79.9. The van der Waals surface area contributed by atoms with Gasteiger partial charge in [-0.2, -0.15) is 0 Å². The molecule has 2 rings (SSSR count). The van der Waals surface area contributed by atoms with Crippen molar-refractivity contribution in [2.75, 3.05) is 13.6 Å². The van der Waals surface area contributed by atoms with Crippen molar-refractivity contribution in [3.05, 3.63) is 20.8 Å². The summed E-state index contributed by atoms with van der Waals surface area (Å²) in [6.45, 7) is 1.15. The molecule has 19 heavy (non-hydrogen) atoms. The number of rotatable bonds is 4. The Bertz CT molecular complexity index is 432. The van der Waals surface area contributed by atoms with E-state index in [1.54, 1.807) is 11.3 Å². The first kappa shape index (κ1) is 17.0. The second-order valence-corrected chi connectivity index (χ2v) is 7.00. The van der Waals surface area contributed by atoms with Crippen LogP contribution in [-0.2, 0) is 11.3 Å². The van der Waals surface area contributed by atoms with E-state index in [-0.39, 0.29) is 23.7 Å². The van der Waals surface area contributed by atoms with Crippen LogP contribution in [0.15, 0.2) is 15.9 Å². The van der Waals surface area contributed by atoms with Gasteiger partial charge in [0.2, 0.25) is 5.91 Å². The number of hydrogen-bond acceptors (Lipinski definition) is 3. The zero-order valence-corrected chi connectivity index (χ0v) is 14.2. The fourth-order valence-corrected chi connectivity index (χ4v) is 4.21. The Hall–Kier alpha value is -0.100. The van der Waals surface area contributed by atoms with E-state index in [9.17, 15) is 4.79 Å². The van der Waals surface area contributed by atoms with Crippen LogP contribution in [0, 0.1) is 5.41 Å². The minimum Gasteiger partial charge on any atom is -0.340 e. The van der Waals surface area contributed by atoms with Crippen LogP contribution in [0.4, 0.5) is 0 Å². The van der Waals surface area contributed by atoms with Crippen LogP contribution in [-0.4, -0.2) is 24.4 Å². The van der Waals surface area contributed by atoms with Gasteiger partial charge in [0.15, 0.2) is 0 Å². The molecule has 0 aromatic carbocycles. The van der Waals surface area contributed by atoms with Gasteiger partial charge in [0.25, 0.3) is 0 Å². The minimum absolute atomic E-state index is 0. The molecule has 1 aromatic heterocycles. The highest BCUT2D eigenvalue weighted by Crippen LogP contribution is 2.39. The van der Waals surface area contributed by atoms with Crippen LogP contribution in [0.2, 0.25) is 0 Å². The quantitative estimate of drug-likeness (QED) is 0.886. The normalized spacial score (nSPS) is 17.0. The van der Waals surface area contributed by atoms with E-state index in [0.717, 1.165) is 30.2 Å². The number of carbonyl (C=O) groups is 1. The predicted octanol–water partition coefficient (Wildman–Crippen LogP) is 3.41. The van der Waals surface area contributed by atoms with Crippen LogP contribution in [0.25, 0.3) is 0 Å². The maximum atomic E-state index is 12.5. The Morgan fingerprint density at radius 3 is 2.63 bits per heavy atom. The summed E-state index contributed by atoms with van der Waals surface area (Å²) in [6, 6.07) is 2.07. The van der Waals surface area contributed by atoms with Crippen molar-refractivity contribution in [1.82, 2.24) is 4.90 Å². The lowest BCUT2D eigenvalue weighted by Crippen LogP contribution is -2.44. The first-order valence-electron chi connectivity index (χ1n) is 6.26. The number of amides is 1. The molecule has 0 atom stereocenters. The maximum Gasteiger partial charge on any atom is 0.230 e. The zero-order chi connectivity index (χ0) is 13.2. The van der Waals surface area contributed by atoms with Crippen molar-refractivity contribution < 1.29 is 4.79 Å². The molecule has 2 N–H and O–H groups in total. The summed E-state index contributed by atoms with van der Waals surface area (Å²) in [4.78, 5) is 15.6. The second kappa shape index (κ2) is 7.07. The third kappa shape index (κ3) is 3.72. The molecule has 1 heterocycles. The Morgan fingerprint density at radius 2 is 2.16 bits per heavy atom. The molecular weight excluding hydrogens is 348 g/mol. The topological polar surface area (TPSA) is 46.3 Å². The van der Waals surface area contributed by atoms with Crippen LogP contribution < -0.4 is 5.73 Å². The predicted molar refractivity (Wildman–Crippen MR) is 85.7 cm³/mol. The van der Waals surface area contributed by atoms with Gasteiger partial charge in [0.1, 0.15) is 0 Å². The Balaban J connectivity index is 0.00000180. The van der Waals surface area contributed by atoms with Crippen molar-refractivity contribution in [3.63, 3.8) is 0 Å². The average Bonchev–Trinajstić information content (AvgIpc) is 2.98. The summed E-state index contributed by atoms with van der Waals surface area (Å²) in [7, 11) is 1.88. The Morgan fingerprint density at radius 1 is 1.53 bits per heavy atom. The zero-order valence-electron chi connectivity index (χ0n) is 11.0. The largest absolute Gasteiger partial charge is 0.340 e. The molecule has 108 valence electrons. The maximum absolute atomic E-state index is 12.5. The summed E-state index contributed by atoms with van der Waals surface area (Å²) in [6.07, 6.45) is 4.14. The van der Waals surface area contributed by atoms with Gasteiger partial charge in [-0.3, -0.25) is 4.79 Å². The number of hydrogen-bond donors (Lipinski definition) is 1. The number of nitrogens with zero attached hydrogens (tertiary/aromatic N) is 1. The van der Waals surface area contributed by atoms with Crippen molar-refractivity contribution in [1.29, 1.82) is 0 Å². The monoisotopic (exact) mass is 366 g/mol. The minimum atomic E-state index is -0.288. The molecule has 1 fully saturated rings.